The second-order valence-corrected chi connectivity index (χ2v) is 5.15. The van der Waals surface area contributed by atoms with E-state index in [1.54, 1.807) is 7.11 Å². The Morgan fingerprint density at radius 2 is 2.21 bits per heavy atom. The molecule has 0 bridgehead atoms. The van der Waals surface area contributed by atoms with Gasteiger partial charge in [0.1, 0.15) is 16.4 Å². The van der Waals surface area contributed by atoms with Crippen LogP contribution in [-0.2, 0) is 4.79 Å². The van der Waals surface area contributed by atoms with Crippen LogP contribution < -0.4 is 15.8 Å². The van der Waals surface area contributed by atoms with Gasteiger partial charge in [0, 0.05) is 12.5 Å². The minimum atomic E-state index is -0.170. The fourth-order valence-electron chi connectivity index (χ4n) is 1.74. The van der Waals surface area contributed by atoms with Crippen molar-refractivity contribution in [3.63, 3.8) is 0 Å². The van der Waals surface area contributed by atoms with Crippen LogP contribution in [0.25, 0.3) is 11.3 Å². The Labute approximate surface area is 115 Å². The Morgan fingerprint density at radius 1 is 1.47 bits per heavy atom. The molecule has 19 heavy (non-hydrogen) atoms. The maximum absolute atomic E-state index is 11.0. The van der Waals surface area contributed by atoms with E-state index in [0.29, 0.717) is 21.6 Å². The molecule has 0 saturated heterocycles. The molecule has 0 saturated carbocycles. The Hall–Kier alpha value is -2.08. The summed E-state index contributed by atoms with van der Waals surface area (Å²) >= 11 is 1.24. The van der Waals surface area contributed by atoms with Crippen LogP contribution in [0.2, 0.25) is 0 Å². The minimum Gasteiger partial charge on any atom is -0.496 e. The molecule has 3 N–H and O–H groups in total. The van der Waals surface area contributed by atoms with Gasteiger partial charge in [0.25, 0.3) is 0 Å². The average molecular weight is 277 g/mol. The lowest BCUT2D eigenvalue weighted by Crippen LogP contribution is -2.05. The van der Waals surface area contributed by atoms with Crippen molar-refractivity contribution >= 4 is 27.4 Å². The number of anilines is 2. The van der Waals surface area contributed by atoms with E-state index in [1.807, 2.05) is 25.1 Å². The normalized spacial score (nSPS) is 10.3. The topological polar surface area (TPSA) is 77.2 Å². The van der Waals surface area contributed by atoms with E-state index in [9.17, 15) is 4.79 Å². The first kappa shape index (κ1) is 13.4. The first-order valence-electron chi connectivity index (χ1n) is 5.70. The standard InChI is InChI=1S/C13H15N3O2S/c1-7-4-5-10(18-3)9(6-7)11-12(14)19-13(16-11)15-8(2)17/h4-6H,14H2,1-3H3,(H,15,16,17). The SMILES string of the molecule is COc1ccc(C)cc1-c1nc(NC(C)=O)sc1N. The number of amides is 1. The Kier molecular flexibility index (Phi) is 3.71. The van der Waals surface area contributed by atoms with E-state index in [0.717, 1.165) is 11.1 Å². The molecule has 0 fully saturated rings. The number of rotatable bonds is 3. The van der Waals surface area contributed by atoms with Crippen LogP contribution >= 0.6 is 11.3 Å². The van der Waals surface area contributed by atoms with E-state index in [2.05, 4.69) is 10.3 Å². The third-order valence-corrected chi connectivity index (χ3v) is 3.35. The van der Waals surface area contributed by atoms with Gasteiger partial charge < -0.3 is 15.8 Å². The van der Waals surface area contributed by atoms with Crippen LogP contribution in [0.5, 0.6) is 5.75 Å². The summed E-state index contributed by atoms with van der Waals surface area (Å²) in [7, 11) is 1.60. The Bertz CT molecular complexity index is 622. The molecular weight excluding hydrogens is 262 g/mol. The molecule has 0 aliphatic heterocycles. The highest BCUT2D eigenvalue weighted by Crippen LogP contribution is 2.38. The molecule has 1 aromatic heterocycles. The number of nitrogens with one attached hydrogen (secondary N) is 1. The van der Waals surface area contributed by atoms with Crippen molar-refractivity contribution in [1.29, 1.82) is 0 Å². The van der Waals surface area contributed by atoms with Crippen molar-refractivity contribution in [3.05, 3.63) is 23.8 Å². The monoisotopic (exact) mass is 277 g/mol. The number of nitrogen functional groups attached to an aromatic ring is 1. The van der Waals surface area contributed by atoms with Crippen LogP contribution in [0.4, 0.5) is 10.1 Å². The summed E-state index contributed by atoms with van der Waals surface area (Å²) < 4.78 is 5.32. The zero-order valence-corrected chi connectivity index (χ0v) is 11.8. The first-order valence-corrected chi connectivity index (χ1v) is 6.52. The number of aryl methyl sites for hydroxylation is 1. The Balaban J connectivity index is 2.49. The van der Waals surface area contributed by atoms with E-state index in [1.165, 1.54) is 18.3 Å². The van der Waals surface area contributed by atoms with Gasteiger partial charge in [0.2, 0.25) is 5.91 Å². The lowest BCUT2D eigenvalue weighted by molar-refractivity contribution is -0.114. The molecule has 0 aliphatic rings. The molecule has 0 unspecified atom stereocenters. The molecule has 0 atom stereocenters. The van der Waals surface area contributed by atoms with Crippen LogP contribution in [0.1, 0.15) is 12.5 Å². The number of carbonyl (C=O) groups excluding carboxylic acids is 1. The molecule has 5 nitrogen and oxygen atoms in total. The lowest BCUT2D eigenvalue weighted by Gasteiger charge is -2.07. The minimum absolute atomic E-state index is 0.170. The first-order chi connectivity index (χ1) is 9.01. The van der Waals surface area contributed by atoms with E-state index >= 15 is 0 Å². The molecular formula is C13H15N3O2S. The maximum Gasteiger partial charge on any atom is 0.223 e. The predicted octanol–water partition coefficient (Wildman–Crippen LogP) is 2.67. The van der Waals surface area contributed by atoms with Gasteiger partial charge in [0.05, 0.1) is 7.11 Å². The van der Waals surface area contributed by atoms with Crippen LogP contribution in [0.15, 0.2) is 18.2 Å². The second kappa shape index (κ2) is 5.27. The molecule has 6 heteroatoms. The largest absolute Gasteiger partial charge is 0.496 e. The molecule has 2 rings (SSSR count). The van der Waals surface area contributed by atoms with Crippen LogP contribution in [-0.4, -0.2) is 18.0 Å². The van der Waals surface area contributed by atoms with E-state index in [-0.39, 0.29) is 5.91 Å². The Morgan fingerprint density at radius 3 is 2.84 bits per heavy atom. The van der Waals surface area contributed by atoms with Crippen molar-refractivity contribution in [2.24, 2.45) is 0 Å². The zero-order valence-electron chi connectivity index (χ0n) is 11.0. The highest BCUT2D eigenvalue weighted by atomic mass is 32.1. The smallest absolute Gasteiger partial charge is 0.223 e. The van der Waals surface area contributed by atoms with Crippen molar-refractivity contribution in [2.75, 3.05) is 18.2 Å². The van der Waals surface area contributed by atoms with Gasteiger partial charge in [-0.05, 0) is 19.1 Å². The van der Waals surface area contributed by atoms with Gasteiger partial charge >= 0.3 is 0 Å². The number of nitrogens with zero attached hydrogens (tertiary/aromatic N) is 1. The molecule has 0 spiro atoms. The number of hydrogen-bond acceptors (Lipinski definition) is 5. The van der Waals surface area contributed by atoms with Crippen molar-refractivity contribution < 1.29 is 9.53 Å². The molecule has 1 heterocycles. The number of carbonyl (C=O) groups is 1. The van der Waals surface area contributed by atoms with E-state index < -0.39 is 0 Å². The van der Waals surface area contributed by atoms with Gasteiger partial charge in [-0.15, -0.1) is 0 Å². The van der Waals surface area contributed by atoms with Gasteiger partial charge in [0.15, 0.2) is 5.13 Å². The average Bonchev–Trinajstić information content (AvgIpc) is 2.69. The van der Waals surface area contributed by atoms with E-state index in [4.69, 9.17) is 10.5 Å². The van der Waals surface area contributed by atoms with Crippen molar-refractivity contribution in [3.8, 4) is 17.0 Å². The van der Waals surface area contributed by atoms with Crippen molar-refractivity contribution in [1.82, 2.24) is 4.98 Å². The number of ether oxygens (including phenoxy) is 1. The van der Waals surface area contributed by atoms with Crippen molar-refractivity contribution in [2.45, 2.75) is 13.8 Å². The highest BCUT2D eigenvalue weighted by molar-refractivity contribution is 7.20. The highest BCUT2D eigenvalue weighted by Gasteiger charge is 2.15. The molecule has 0 aliphatic carbocycles. The van der Waals surface area contributed by atoms with Gasteiger partial charge in [-0.3, -0.25) is 4.79 Å². The summed E-state index contributed by atoms with van der Waals surface area (Å²) in [4.78, 5) is 15.4. The number of thiazole rings is 1. The number of methoxy groups -OCH3 is 1. The third kappa shape index (κ3) is 2.85. The molecule has 1 aromatic carbocycles. The van der Waals surface area contributed by atoms with Gasteiger partial charge in [-0.1, -0.05) is 23.0 Å². The number of aromatic nitrogens is 1. The van der Waals surface area contributed by atoms with Crippen LogP contribution in [0, 0.1) is 6.92 Å². The summed E-state index contributed by atoms with van der Waals surface area (Å²) in [6.07, 6.45) is 0. The fraction of sp³-hybridized carbons (Fsp3) is 0.231. The van der Waals surface area contributed by atoms with Gasteiger partial charge in [-0.2, -0.15) is 0 Å². The summed E-state index contributed by atoms with van der Waals surface area (Å²) in [5.41, 5.74) is 8.52. The third-order valence-electron chi connectivity index (χ3n) is 2.55. The van der Waals surface area contributed by atoms with Gasteiger partial charge in [-0.25, -0.2) is 4.98 Å². The quantitative estimate of drug-likeness (QED) is 0.904. The molecule has 100 valence electrons. The second-order valence-electron chi connectivity index (χ2n) is 4.12. The molecule has 2 aromatic rings. The molecule has 0 radical (unpaired) electrons. The van der Waals surface area contributed by atoms with Crippen LogP contribution in [0.3, 0.4) is 0 Å². The number of benzene rings is 1. The number of hydrogen-bond donors (Lipinski definition) is 2. The maximum atomic E-state index is 11.0. The molecule has 1 amide bonds. The summed E-state index contributed by atoms with van der Waals surface area (Å²) in [6, 6.07) is 5.79. The zero-order chi connectivity index (χ0) is 14.0. The number of nitrogens with two attached hydrogens (primary N) is 1. The summed E-state index contributed by atoms with van der Waals surface area (Å²) in [6.45, 7) is 3.42. The lowest BCUT2D eigenvalue weighted by atomic mass is 10.1. The summed E-state index contributed by atoms with van der Waals surface area (Å²) in [5, 5.41) is 3.67. The predicted molar refractivity (Wildman–Crippen MR) is 77.6 cm³/mol. The summed E-state index contributed by atoms with van der Waals surface area (Å²) in [5.74, 6) is 0.536. The fourth-order valence-corrected chi connectivity index (χ4v) is 2.53.